The smallest absolute Gasteiger partial charge is 0.359 e. The van der Waals surface area contributed by atoms with Crippen LogP contribution in [0.2, 0.25) is 0 Å². The van der Waals surface area contributed by atoms with Crippen LogP contribution in [0.1, 0.15) is 42.4 Å². The number of ether oxygens (including phenoxy) is 1. The third-order valence-corrected chi connectivity index (χ3v) is 5.34. The Morgan fingerprint density at radius 2 is 1.76 bits per heavy atom. The first kappa shape index (κ1) is 24.6. The molecule has 0 spiro atoms. The van der Waals surface area contributed by atoms with E-state index in [1.54, 1.807) is 0 Å². The van der Waals surface area contributed by atoms with Gasteiger partial charge in [0.25, 0.3) is 0 Å². The van der Waals surface area contributed by atoms with Gasteiger partial charge in [0.15, 0.2) is 0 Å². The van der Waals surface area contributed by atoms with Gasteiger partial charge in [-0.25, -0.2) is 23.4 Å². The topological polar surface area (TPSA) is 165 Å². The molecule has 11 nitrogen and oxygen atoms in total. The summed E-state index contributed by atoms with van der Waals surface area (Å²) >= 11 is 0. The lowest BCUT2D eigenvalue weighted by atomic mass is 9.95. The first-order valence-corrected chi connectivity index (χ1v) is 11.3. The minimum atomic E-state index is -4.94. The highest BCUT2D eigenvalue weighted by Crippen LogP contribution is 2.31. The zero-order chi connectivity index (χ0) is 24.5. The lowest BCUT2D eigenvalue weighted by molar-refractivity contribution is -2.00. The fourth-order valence-electron chi connectivity index (χ4n) is 3.68. The molecule has 0 saturated heterocycles. The molecule has 0 radical (unpaired) electrons. The van der Waals surface area contributed by atoms with E-state index in [2.05, 4.69) is 5.32 Å². The predicted molar refractivity (Wildman–Crippen MR) is 105 cm³/mol. The summed E-state index contributed by atoms with van der Waals surface area (Å²) in [7, 11) is -4.94. The van der Waals surface area contributed by atoms with Crippen LogP contribution in [0, 0.1) is 31.0 Å². The number of hydrogen-bond acceptors (Lipinski definition) is 9. The monoisotopic (exact) mass is 477 g/mol. The summed E-state index contributed by atoms with van der Waals surface area (Å²) in [5.41, 5.74) is 5.34. The first-order valence-electron chi connectivity index (χ1n) is 10.0. The number of nitrogens with zero attached hydrogens (tertiary/aromatic N) is 4. The second-order valence-corrected chi connectivity index (χ2v) is 8.14. The lowest BCUT2D eigenvalue weighted by Crippen LogP contribution is -2.68. The highest BCUT2D eigenvalue weighted by Gasteiger charge is 2.40. The number of fused-ring (bicyclic) bond motifs is 3. The van der Waals surface area contributed by atoms with E-state index in [0.29, 0.717) is 23.9 Å². The minimum absolute atomic E-state index is 0.319. The number of aromatic nitrogens is 4. The number of hydrogen-bond donors (Lipinski definition) is 1. The Kier molecular flexibility index (Phi) is 7.00. The van der Waals surface area contributed by atoms with E-state index in [1.165, 1.54) is 0 Å². The molecule has 12 heteroatoms. The normalized spacial score (nSPS) is 15.5. The Morgan fingerprint density at radius 3 is 2.33 bits per heavy atom. The largest absolute Gasteiger partial charge is 0.462 e. The maximum atomic E-state index is 12.9. The molecule has 0 saturated carbocycles. The number of halogens is 1. The molecule has 4 rings (SSSR count). The van der Waals surface area contributed by atoms with Crippen LogP contribution in [0.25, 0.3) is 5.78 Å². The highest BCUT2D eigenvalue weighted by molar-refractivity contribution is 5.91. The van der Waals surface area contributed by atoms with E-state index < -0.39 is 10.2 Å². The van der Waals surface area contributed by atoms with Crippen LogP contribution in [0.15, 0.2) is 41.6 Å². The van der Waals surface area contributed by atoms with Crippen molar-refractivity contribution in [2.75, 3.05) is 11.9 Å². The average Bonchev–Trinajstić information content (AvgIpc) is 3.08. The van der Waals surface area contributed by atoms with Gasteiger partial charge >= 0.3 is 17.7 Å². The zero-order valence-corrected chi connectivity index (χ0v) is 19.5. The van der Waals surface area contributed by atoms with Crippen LogP contribution in [0.3, 0.4) is 0 Å². The minimum Gasteiger partial charge on any atom is -0.462 e. The number of anilines is 1. The lowest BCUT2D eigenvalue weighted by Gasteiger charge is -2.25. The van der Waals surface area contributed by atoms with Gasteiger partial charge in [-0.2, -0.15) is 4.57 Å². The molecule has 1 atom stereocenters. The summed E-state index contributed by atoms with van der Waals surface area (Å²) in [5.74, 6) is 1.01. The summed E-state index contributed by atoms with van der Waals surface area (Å²) in [6.07, 6.45) is 0. The standard InChI is InChI=1S/C21H23N5O2.ClHO4/c1-6-28-19(27)17-14(4)22-20-24-26-15(5)12(2)13(3)23-21(26)25(20)18(17)16-10-8-7-9-11-16;2-1(3,4)5/h7-11,18H,6H2,1-5H3;(H,2,3,4,5)/t18-;/m1./s1. The molecule has 0 aliphatic carbocycles. The van der Waals surface area contributed by atoms with Gasteiger partial charge in [-0.1, -0.05) is 30.3 Å². The van der Waals surface area contributed by atoms with Crippen molar-refractivity contribution in [1.82, 2.24) is 14.6 Å². The van der Waals surface area contributed by atoms with Crippen LogP contribution in [-0.2, 0) is 9.53 Å². The van der Waals surface area contributed by atoms with Crippen LogP contribution in [0.4, 0.5) is 5.95 Å². The zero-order valence-electron chi connectivity index (χ0n) is 18.8. The van der Waals surface area contributed by atoms with Gasteiger partial charge in [-0.3, -0.25) is 5.32 Å². The molecule has 3 heterocycles. The van der Waals surface area contributed by atoms with Gasteiger partial charge in [0, 0.05) is 10.7 Å². The van der Waals surface area contributed by atoms with Crippen LogP contribution < -0.4 is 28.5 Å². The number of nitrogens with one attached hydrogen (secondary N) is 1. The summed E-state index contributed by atoms with van der Waals surface area (Å²) < 4.78 is 43.2. The fourth-order valence-corrected chi connectivity index (χ4v) is 3.68. The third-order valence-electron chi connectivity index (χ3n) is 5.34. The van der Waals surface area contributed by atoms with E-state index in [4.69, 9.17) is 33.5 Å². The van der Waals surface area contributed by atoms with Crippen molar-refractivity contribution in [2.45, 2.75) is 40.7 Å². The second-order valence-electron chi connectivity index (χ2n) is 7.39. The molecule has 3 aromatic rings. The number of esters is 1. The second kappa shape index (κ2) is 9.41. The number of allylic oxidation sites excluding steroid dienone is 1. The first-order chi connectivity index (χ1) is 15.4. The Morgan fingerprint density at radius 1 is 1.15 bits per heavy atom. The van der Waals surface area contributed by atoms with E-state index in [0.717, 1.165) is 28.2 Å². The molecule has 1 aromatic carbocycles. The molecular weight excluding hydrogens is 454 g/mol. The van der Waals surface area contributed by atoms with Crippen LogP contribution >= 0.6 is 0 Å². The van der Waals surface area contributed by atoms with Crippen molar-refractivity contribution in [3.8, 4) is 0 Å². The summed E-state index contributed by atoms with van der Waals surface area (Å²) in [5, 5.41) is 8.01. The number of carbonyl (C=O) groups excluding carboxylic acids is 1. The van der Waals surface area contributed by atoms with Gasteiger partial charge in [0.1, 0.15) is 11.6 Å². The van der Waals surface area contributed by atoms with Gasteiger partial charge < -0.3 is 4.74 Å². The average molecular weight is 478 g/mol. The summed E-state index contributed by atoms with van der Waals surface area (Å²) in [4.78, 5) is 17.7. The van der Waals surface area contributed by atoms with Gasteiger partial charge in [-0.05, 0) is 40.2 Å². The predicted octanol–water partition coefficient (Wildman–Crippen LogP) is -1.96. The van der Waals surface area contributed by atoms with Crippen molar-refractivity contribution in [2.24, 2.45) is 0 Å². The Labute approximate surface area is 192 Å². The van der Waals surface area contributed by atoms with E-state index >= 15 is 0 Å². The maximum absolute atomic E-state index is 12.9. The quantitative estimate of drug-likeness (QED) is 0.333. The molecule has 1 N–H and O–H groups in total. The van der Waals surface area contributed by atoms with E-state index in [9.17, 15) is 4.79 Å². The van der Waals surface area contributed by atoms with Crippen molar-refractivity contribution >= 4 is 17.7 Å². The molecule has 176 valence electrons. The highest BCUT2D eigenvalue weighted by atomic mass is 35.7. The van der Waals surface area contributed by atoms with Gasteiger partial charge in [0.05, 0.1) is 23.7 Å². The maximum Gasteiger partial charge on any atom is 0.359 e. The Balaban J connectivity index is 0.000000555. The molecule has 0 amide bonds. The molecule has 0 unspecified atom stereocenters. The molecule has 2 aromatic heterocycles. The van der Waals surface area contributed by atoms with Gasteiger partial charge in [0.2, 0.25) is 0 Å². The van der Waals surface area contributed by atoms with E-state index in [1.807, 2.05) is 74.0 Å². The number of rotatable bonds is 3. The van der Waals surface area contributed by atoms with Crippen molar-refractivity contribution < 1.29 is 43.0 Å². The van der Waals surface area contributed by atoms with E-state index in [-0.39, 0.29) is 12.0 Å². The molecule has 1 aliphatic heterocycles. The number of benzene rings is 1. The SMILES string of the molecule is CCOC(=O)C1=C(C)Nc2nn3c(C)c(C)c(C)nc3[n+]2[C@@H]1c1ccccc1.[O-][Cl+3]([O-])([O-])[O-]. The fraction of sp³-hybridized carbons (Fsp3) is 0.333. The van der Waals surface area contributed by atoms with Crippen molar-refractivity contribution in [3.63, 3.8) is 0 Å². The Bertz CT molecular complexity index is 1210. The molecular formula is C21H24ClN5O6. The van der Waals surface area contributed by atoms with Crippen molar-refractivity contribution in [1.29, 1.82) is 0 Å². The number of carbonyl (C=O) groups is 1. The molecule has 0 fully saturated rings. The third kappa shape index (κ3) is 5.13. The van der Waals surface area contributed by atoms with Crippen LogP contribution in [0.5, 0.6) is 0 Å². The number of aryl methyl sites for hydroxylation is 2. The molecule has 1 aliphatic rings. The van der Waals surface area contributed by atoms with Crippen molar-refractivity contribution in [3.05, 3.63) is 64.1 Å². The summed E-state index contributed by atoms with van der Waals surface area (Å²) in [6.45, 7) is 10.1. The van der Waals surface area contributed by atoms with Crippen LogP contribution in [-0.4, -0.2) is 27.2 Å². The summed E-state index contributed by atoms with van der Waals surface area (Å²) in [6, 6.07) is 9.55. The molecule has 33 heavy (non-hydrogen) atoms. The molecule has 0 bridgehead atoms. The Hall–Kier alpha value is -3.09. The van der Waals surface area contributed by atoms with Gasteiger partial charge in [-0.15, -0.1) is 19.7 Å².